The molecule has 20 heavy (non-hydrogen) atoms. The molecule has 0 unspecified atom stereocenters. The van der Waals surface area contributed by atoms with Crippen LogP contribution in [-0.4, -0.2) is 6.79 Å². The Labute approximate surface area is 119 Å². The third-order valence-corrected chi connectivity index (χ3v) is 3.08. The Morgan fingerprint density at radius 1 is 0.450 bits per heavy atom. The predicted octanol–water partition coefficient (Wildman–Crippen LogP) is 4.84. The van der Waals surface area contributed by atoms with Crippen molar-refractivity contribution >= 4 is 6.79 Å². The highest BCUT2D eigenvalue weighted by Gasteiger charge is 2.00. The van der Waals surface area contributed by atoms with Gasteiger partial charge in [-0.25, -0.2) is 0 Å². The van der Waals surface area contributed by atoms with E-state index in [1.807, 2.05) is 18.9 Å². The summed E-state index contributed by atoms with van der Waals surface area (Å²) in [6.45, 7) is 2.00. The van der Waals surface area contributed by atoms with Gasteiger partial charge in [0.1, 0.15) is 6.79 Å². The lowest BCUT2D eigenvalue weighted by molar-refractivity contribution is -0.0979. The van der Waals surface area contributed by atoms with Gasteiger partial charge < -0.3 is 4.79 Å². The van der Waals surface area contributed by atoms with Gasteiger partial charge in [0.25, 0.3) is 0 Å². The average molecular weight is 260 g/mol. The Kier molecular flexibility index (Phi) is 4.85. The van der Waals surface area contributed by atoms with Crippen molar-refractivity contribution in [2.24, 2.45) is 0 Å². The van der Waals surface area contributed by atoms with Crippen molar-refractivity contribution in [3.8, 4) is 22.3 Å². The average Bonchev–Trinajstić information content (AvgIpc) is 2.58. The molecule has 0 fully saturated rings. The van der Waals surface area contributed by atoms with Crippen molar-refractivity contribution in [2.75, 3.05) is 0 Å². The number of carbonyl (C=O) groups excluding carboxylic acids is 1. The molecule has 1 heteroatoms. The molecular weight excluding hydrogens is 244 g/mol. The van der Waals surface area contributed by atoms with E-state index in [1.54, 1.807) is 0 Å². The Balaban J connectivity index is 0.000000704. The first kappa shape index (κ1) is 13.8. The van der Waals surface area contributed by atoms with Crippen LogP contribution in [-0.2, 0) is 4.79 Å². The van der Waals surface area contributed by atoms with Gasteiger partial charge in [-0.3, -0.25) is 0 Å². The molecule has 0 spiro atoms. The van der Waals surface area contributed by atoms with Crippen LogP contribution >= 0.6 is 0 Å². The number of hydrogen-bond donors (Lipinski definition) is 0. The lowest BCUT2D eigenvalue weighted by Crippen LogP contribution is -1.80. The zero-order chi connectivity index (χ0) is 14.2. The highest BCUT2D eigenvalue weighted by molar-refractivity contribution is 5.72. The Morgan fingerprint density at radius 3 is 1.20 bits per heavy atom. The van der Waals surface area contributed by atoms with Gasteiger partial charge in [0.05, 0.1) is 0 Å². The highest BCUT2D eigenvalue weighted by Crippen LogP contribution is 2.25. The van der Waals surface area contributed by atoms with Crippen LogP contribution in [0.2, 0.25) is 0 Å². The van der Waals surface area contributed by atoms with E-state index in [0.29, 0.717) is 0 Å². The standard InChI is InChI=1S/C18H14.CH2O/c1-3-8-15(9-4-1)17-12-7-13-18(14-17)16-10-5-2-6-11-16;1-2/h1-14H;1H2. The molecule has 0 aromatic heterocycles. The first-order chi connectivity index (χ1) is 9.93. The maximum absolute atomic E-state index is 8.00. The van der Waals surface area contributed by atoms with E-state index >= 15 is 0 Å². The first-order valence-electron chi connectivity index (χ1n) is 6.43. The van der Waals surface area contributed by atoms with Crippen molar-refractivity contribution in [3.05, 3.63) is 84.9 Å². The third kappa shape index (κ3) is 3.21. The second-order valence-corrected chi connectivity index (χ2v) is 4.31. The minimum atomic E-state index is 1.26. The smallest absolute Gasteiger partial charge is 0.106 e. The lowest BCUT2D eigenvalue weighted by Gasteiger charge is -2.05. The van der Waals surface area contributed by atoms with Gasteiger partial charge in [0.15, 0.2) is 0 Å². The molecule has 1 nitrogen and oxygen atoms in total. The minimum Gasteiger partial charge on any atom is -0.307 e. The second kappa shape index (κ2) is 7.05. The molecule has 3 aromatic carbocycles. The molecule has 3 aromatic rings. The number of benzene rings is 3. The summed E-state index contributed by atoms with van der Waals surface area (Å²) in [7, 11) is 0. The van der Waals surface area contributed by atoms with Crippen LogP contribution in [0, 0.1) is 0 Å². The maximum atomic E-state index is 8.00. The van der Waals surface area contributed by atoms with Crippen molar-refractivity contribution in [3.63, 3.8) is 0 Å². The Morgan fingerprint density at radius 2 is 0.800 bits per heavy atom. The van der Waals surface area contributed by atoms with Crippen molar-refractivity contribution in [1.29, 1.82) is 0 Å². The molecule has 0 bridgehead atoms. The first-order valence-corrected chi connectivity index (χ1v) is 6.43. The molecule has 0 aliphatic carbocycles. The topological polar surface area (TPSA) is 17.1 Å². The molecule has 0 amide bonds. The molecule has 0 heterocycles. The second-order valence-electron chi connectivity index (χ2n) is 4.31. The van der Waals surface area contributed by atoms with E-state index in [-0.39, 0.29) is 0 Å². The van der Waals surface area contributed by atoms with E-state index in [2.05, 4.69) is 72.8 Å². The zero-order valence-electron chi connectivity index (χ0n) is 11.2. The molecule has 0 N–H and O–H groups in total. The zero-order valence-corrected chi connectivity index (χ0v) is 11.2. The Hall–Kier alpha value is -2.67. The predicted molar refractivity (Wildman–Crippen MR) is 84.4 cm³/mol. The molecule has 3 rings (SSSR count). The summed E-state index contributed by atoms with van der Waals surface area (Å²) in [6.07, 6.45) is 0. The van der Waals surface area contributed by atoms with Crippen LogP contribution in [0.25, 0.3) is 22.3 Å². The number of rotatable bonds is 2. The van der Waals surface area contributed by atoms with Gasteiger partial charge >= 0.3 is 0 Å². The van der Waals surface area contributed by atoms with Crippen LogP contribution in [0.5, 0.6) is 0 Å². The number of carbonyl (C=O) groups is 1. The van der Waals surface area contributed by atoms with Gasteiger partial charge in [-0.05, 0) is 28.3 Å². The van der Waals surface area contributed by atoms with Crippen LogP contribution in [0.15, 0.2) is 84.9 Å². The number of hydrogen-bond acceptors (Lipinski definition) is 1. The van der Waals surface area contributed by atoms with Gasteiger partial charge in [-0.1, -0.05) is 78.9 Å². The van der Waals surface area contributed by atoms with Crippen molar-refractivity contribution < 1.29 is 4.79 Å². The molecule has 98 valence electrons. The summed E-state index contributed by atoms with van der Waals surface area (Å²) in [5.41, 5.74) is 5.04. The molecule has 0 aliphatic rings. The van der Waals surface area contributed by atoms with Crippen LogP contribution in [0.3, 0.4) is 0 Å². The van der Waals surface area contributed by atoms with Crippen LogP contribution in [0.4, 0.5) is 0 Å². The van der Waals surface area contributed by atoms with Crippen LogP contribution < -0.4 is 0 Å². The normalized spacial score (nSPS) is 9.40. The summed E-state index contributed by atoms with van der Waals surface area (Å²) in [5, 5.41) is 0. The summed E-state index contributed by atoms with van der Waals surface area (Å²) >= 11 is 0. The highest BCUT2D eigenvalue weighted by atomic mass is 16.1. The fourth-order valence-electron chi connectivity index (χ4n) is 2.14. The van der Waals surface area contributed by atoms with E-state index in [1.165, 1.54) is 22.3 Å². The van der Waals surface area contributed by atoms with E-state index in [4.69, 9.17) is 4.79 Å². The van der Waals surface area contributed by atoms with Gasteiger partial charge in [-0.15, -0.1) is 0 Å². The van der Waals surface area contributed by atoms with E-state index < -0.39 is 0 Å². The van der Waals surface area contributed by atoms with Gasteiger partial charge in [-0.2, -0.15) is 0 Å². The molecule has 0 saturated heterocycles. The largest absolute Gasteiger partial charge is 0.307 e. The molecule has 0 saturated carbocycles. The molecule has 0 aliphatic heterocycles. The van der Waals surface area contributed by atoms with Gasteiger partial charge in [0, 0.05) is 0 Å². The lowest BCUT2D eigenvalue weighted by atomic mass is 9.99. The van der Waals surface area contributed by atoms with Crippen molar-refractivity contribution in [1.82, 2.24) is 0 Å². The minimum absolute atomic E-state index is 1.26. The SMILES string of the molecule is C=O.c1ccc(-c2cccc(-c3ccccc3)c2)cc1. The third-order valence-electron chi connectivity index (χ3n) is 3.08. The fraction of sp³-hybridized carbons (Fsp3) is 0. The fourth-order valence-corrected chi connectivity index (χ4v) is 2.14. The van der Waals surface area contributed by atoms with Gasteiger partial charge in [0.2, 0.25) is 0 Å². The Bertz CT molecular complexity index is 590. The molecular formula is C19H16O. The molecule has 0 radical (unpaired) electrons. The molecule has 0 atom stereocenters. The van der Waals surface area contributed by atoms with E-state index in [0.717, 1.165) is 0 Å². The quantitative estimate of drug-likeness (QED) is 0.644. The monoisotopic (exact) mass is 260 g/mol. The van der Waals surface area contributed by atoms with Crippen LogP contribution in [0.1, 0.15) is 0 Å². The maximum Gasteiger partial charge on any atom is 0.106 e. The summed E-state index contributed by atoms with van der Waals surface area (Å²) in [4.78, 5) is 8.00. The summed E-state index contributed by atoms with van der Waals surface area (Å²) in [6, 6.07) is 29.6. The summed E-state index contributed by atoms with van der Waals surface area (Å²) < 4.78 is 0. The van der Waals surface area contributed by atoms with Crippen molar-refractivity contribution in [2.45, 2.75) is 0 Å². The van der Waals surface area contributed by atoms with E-state index in [9.17, 15) is 0 Å². The summed E-state index contributed by atoms with van der Waals surface area (Å²) in [5.74, 6) is 0.